The number of halogens is 1. The Balaban J connectivity index is 2.35. The first-order valence-electron chi connectivity index (χ1n) is 4.62. The molecule has 0 spiro atoms. The first kappa shape index (κ1) is 10.8. The van der Waals surface area contributed by atoms with Gasteiger partial charge in [0.2, 0.25) is 5.91 Å². The molecule has 0 aliphatic carbocycles. The molecule has 16 heavy (non-hydrogen) atoms. The summed E-state index contributed by atoms with van der Waals surface area (Å²) in [7, 11) is 0. The van der Waals surface area contributed by atoms with E-state index in [0.717, 1.165) is 0 Å². The summed E-state index contributed by atoms with van der Waals surface area (Å²) in [5.74, 6) is 0.475. The minimum Gasteiger partial charge on any atom is -0.322 e. The highest BCUT2D eigenvalue weighted by atomic mass is 79.9. The van der Waals surface area contributed by atoms with E-state index in [1.165, 1.54) is 0 Å². The van der Waals surface area contributed by atoms with Crippen LogP contribution in [0.4, 0.5) is 5.69 Å². The SMILES string of the molecule is O=C(CBr)Nc1cccnc1-n1cccn1. The molecule has 0 bridgehead atoms. The molecule has 0 saturated heterocycles. The second-order valence-electron chi connectivity index (χ2n) is 3.01. The van der Waals surface area contributed by atoms with Crippen LogP contribution >= 0.6 is 15.9 Å². The highest BCUT2D eigenvalue weighted by molar-refractivity contribution is 9.09. The maximum Gasteiger partial charge on any atom is 0.235 e. The Hall–Kier alpha value is -1.69. The first-order chi connectivity index (χ1) is 7.81. The first-order valence-corrected chi connectivity index (χ1v) is 5.74. The maximum atomic E-state index is 11.3. The van der Waals surface area contributed by atoms with E-state index in [1.807, 2.05) is 0 Å². The van der Waals surface area contributed by atoms with Crippen molar-refractivity contribution in [2.24, 2.45) is 0 Å². The Morgan fingerprint density at radius 2 is 2.31 bits per heavy atom. The van der Waals surface area contributed by atoms with Crippen molar-refractivity contribution in [3.8, 4) is 5.82 Å². The van der Waals surface area contributed by atoms with Gasteiger partial charge < -0.3 is 5.32 Å². The third-order valence-corrected chi connectivity index (χ3v) is 2.41. The largest absolute Gasteiger partial charge is 0.322 e. The summed E-state index contributed by atoms with van der Waals surface area (Å²) < 4.78 is 1.60. The van der Waals surface area contributed by atoms with Crippen LogP contribution in [0.15, 0.2) is 36.8 Å². The average Bonchev–Trinajstić information content (AvgIpc) is 2.83. The maximum absolute atomic E-state index is 11.3. The Bertz CT molecular complexity index is 483. The van der Waals surface area contributed by atoms with Gasteiger partial charge in [-0.1, -0.05) is 15.9 Å². The van der Waals surface area contributed by atoms with Crippen molar-refractivity contribution >= 4 is 27.5 Å². The highest BCUT2D eigenvalue weighted by Gasteiger charge is 2.07. The van der Waals surface area contributed by atoms with Crippen LogP contribution in [0.2, 0.25) is 0 Å². The van der Waals surface area contributed by atoms with E-state index in [4.69, 9.17) is 0 Å². The Kier molecular flexibility index (Phi) is 3.31. The van der Waals surface area contributed by atoms with E-state index in [9.17, 15) is 4.79 Å². The Morgan fingerprint density at radius 3 is 3.00 bits per heavy atom. The summed E-state index contributed by atoms with van der Waals surface area (Å²) in [5, 5.41) is 7.06. The number of amides is 1. The van der Waals surface area contributed by atoms with Gasteiger partial charge in [0, 0.05) is 18.6 Å². The van der Waals surface area contributed by atoms with Gasteiger partial charge in [0.1, 0.15) is 0 Å². The predicted octanol–water partition coefficient (Wildman–Crippen LogP) is 1.60. The number of nitrogens with one attached hydrogen (secondary N) is 1. The number of hydrogen-bond donors (Lipinski definition) is 1. The molecule has 0 aliphatic heterocycles. The second-order valence-corrected chi connectivity index (χ2v) is 3.57. The van der Waals surface area contributed by atoms with Crippen molar-refractivity contribution in [3.05, 3.63) is 36.8 Å². The van der Waals surface area contributed by atoms with E-state index in [-0.39, 0.29) is 11.2 Å². The summed E-state index contributed by atoms with van der Waals surface area (Å²) in [6.07, 6.45) is 5.08. The van der Waals surface area contributed by atoms with E-state index >= 15 is 0 Å². The third kappa shape index (κ3) is 2.27. The van der Waals surface area contributed by atoms with Crippen molar-refractivity contribution in [2.45, 2.75) is 0 Å². The van der Waals surface area contributed by atoms with Gasteiger partial charge in [0.05, 0.1) is 11.0 Å². The summed E-state index contributed by atoms with van der Waals surface area (Å²) >= 11 is 3.09. The number of aromatic nitrogens is 3. The van der Waals surface area contributed by atoms with Gasteiger partial charge in [-0.15, -0.1) is 0 Å². The van der Waals surface area contributed by atoms with Gasteiger partial charge in [-0.3, -0.25) is 4.79 Å². The van der Waals surface area contributed by atoms with Crippen LogP contribution in [0.5, 0.6) is 0 Å². The molecule has 0 radical (unpaired) electrons. The van der Waals surface area contributed by atoms with Crippen molar-refractivity contribution in [3.63, 3.8) is 0 Å². The van der Waals surface area contributed by atoms with Crippen molar-refractivity contribution in [1.82, 2.24) is 14.8 Å². The van der Waals surface area contributed by atoms with E-state index in [0.29, 0.717) is 11.5 Å². The molecule has 2 aromatic rings. The van der Waals surface area contributed by atoms with E-state index < -0.39 is 0 Å². The number of carbonyl (C=O) groups excluding carboxylic acids is 1. The van der Waals surface area contributed by atoms with Gasteiger partial charge in [-0.2, -0.15) is 5.10 Å². The van der Waals surface area contributed by atoms with Crippen molar-refractivity contribution < 1.29 is 4.79 Å². The van der Waals surface area contributed by atoms with Crippen LogP contribution in [0.1, 0.15) is 0 Å². The molecule has 5 nitrogen and oxygen atoms in total. The molecule has 2 aromatic heterocycles. The smallest absolute Gasteiger partial charge is 0.235 e. The number of anilines is 1. The van der Waals surface area contributed by atoms with Crippen LogP contribution < -0.4 is 5.32 Å². The molecule has 0 fully saturated rings. The number of carbonyl (C=O) groups is 1. The molecule has 1 amide bonds. The molecule has 1 N–H and O–H groups in total. The predicted molar refractivity (Wildman–Crippen MR) is 63.8 cm³/mol. The Labute approximate surface area is 101 Å². The molecule has 0 atom stereocenters. The lowest BCUT2D eigenvalue weighted by molar-refractivity contribution is -0.113. The normalized spacial score (nSPS) is 10.1. The van der Waals surface area contributed by atoms with Crippen LogP contribution in [0.25, 0.3) is 5.82 Å². The monoisotopic (exact) mass is 280 g/mol. The zero-order chi connectivity index (χ0) is 11.4. The molecule has 82 valence electrons. The average molecular weight is 281 g/mol. The fraction of sp³-hybridized carbons (Fsp3) is 0.100. The lowest BCUT2D eigenvalue weighted by Crippen LogP contribution is -2.15. The van der Waals surface area contributed by atoms with E-state index in [2.05, 4.69) is 31.3 Å². The topological polar surface area (TPSA) is 59.8 Å². The third-order valence-electron chi connectivity index (χ3n) is 1.90. The van der Waals surface area contributed by atoms with Crippen molar-refractivity contribution in [2.75, 3.05) is 10.6 Å². The standard InChI is InChI=1S/C10H9BrN4O/c11-7-9(16)14-8-3-1-4-12-10(8)15-6-2-5-13-15/h1-6H,7H2,(H,14,16). The van der Waals surface area contributed by atoms with Crippen LogP contribution in [0, 0.1) is 0 Å². The number of nitrogens with zero attached hydrogens (tertiary/aromatic N) is 3. The van der Waals surface area contributed by atoms with Gasteiger partial charge >= 0.3 is 0 Å². The molecule has 0 unspecified atom stereocenters. The molecule has 2 rings (SSSR count). The van der Waals surface area contributed by atoms with Gasteiger partial charge in [0.15, 0.2) is 5.82 Å². The summed E-state index contributed by atoms with van der Waals surface area (Å²) in [6, 6.07) is 5.34. The second kappa shape index (κ2) is 4.89. The molecular weight excluding hydrogens is 272 g/mol. The minimum absolute atomic E-state index is 0.124. The minimum atomic E-state index is -0.124. The zero-order valence-electron chi connectivity index (χ0n) is 8.30. The van der Waals surface area contributed by atoms with Crippen molar-refractivity contribution in [1.29, 1.82) is 0 Å². The van der Waals surface area contributed by atoms with Crippen LogP contribution in [-0.4, -0.2) is 26.0 Å². The molecule has 0 aliphatic rings. The van der Waals surface area contributed by atoms with Gasteiger partial charge in [-0.05, 0) is 18.2 Å². The fourth-order valence-corrected chi connectivity index (χ4v) is 1.40. The molecule has 6 heteroatoms. The number of pyridine rings is 1. The number of rotatable bonds is 3. The molecule has 0 saturated carbocycles. The quantitative estimate of drug-likeness (QED) is 0.869. The Morgan fingerprint density at radius 1 is 1.44 bits per heavy atom. The van der Waals surface area contributed by atoms with Gasteiger partial charge in [-0.25, -0.2) is 9.67 Å². The fourth-order valence-electron chi connectivity index (χ4n) is 1.25. The number of alkyl halides is 1. The molecule has 0 aromatic carbocycles. The summed E-state index contributed by atoms with van der Waals surface area (Å²) in [5.41, 5.74) is 0.635. The molecule has 2 heterocycles. The van der Waals surface area contributed by atoms with Crippen LogP contribution in [0.3, 0.4) is 0 Å². The zero-order valence-corrected chi connectivity index (χ0v) is 9.89. The van der Waals surface area contributed by atoms with E-state index in [1.54, 1.807) is 41.5 Å². The summed E-state index contributed by atoms with van der Waals surface area (Å²) in [6.45, 7) is 0. The molecular formula is C10H9BrN4O. The number of hydrogen-bond acceptors (Lipinski definition) is 3. The lowest BCUT2D eigenvalue weighted by atomic mass is 10.4. The van der Waals surface area contributed by atoms with Crippen LogP contribution in [-0.2, 0) is 4.79 Å². The van der Waals surface area contributed by atoms with Gasteiger partial charge in [0.25, 0.3) is 0 Å². The lowest BCUT2D eigenvalue weighted by Gasteiger charge is -2.08. The highest BCUT2D eigenvalue weighted by Crippen LogP contribution is 2.15. The summed E-state index contributed by atoms with van der Waals surface area (Å²) in [4.78, 5) is 15.5.